The number of nitriles is 1. The molecule has 5 N–H and O–H groups in total. The van der Waals surface area contributed by atoms with E-state index in [-0.39, 0.29) is 63.6 Å². The SMILES string of the molecule is Cn1c(-c2cn(CC#N)nc2C(F)(F)F)cnc1C(=O)Nc1ccc(C(=O)N[C@H]2C[C@@H](NC(=O)N[C@@H]3CC[C@H](NOC=O)C3)C2)c(Cl)c1. The second-order valence-corrected chi connectivity index (χ2v) is 11.8. The number of hydroxylamine groups is 1. The Morgan fingerprint density at radius 3 is 2.46 bits per heavy atom. The van der Waals surface area contributed by atoms with Crippen LogP contribution in [-0.2, 0) is 29.4 Å². The molecule has 4 amide bonds. The van der Waals surface area contributed by atoms with Gasteiger partial charge in [0.2, 0.25) is 0 Å². The first-order valence-corrected chi connectivity index (χ1v) is 15.1. The Kier molecular flexibility index (Phi) is 10.2. The first-order valence-electron chi connectivity index (χ1n) is 14.7. The van der Waals surface area contributed by atoms with E-state index in [1.165, 1.54) is 29.8 Å². The van der Waals surface area contributed by atoms with Gasteiger partial charge in [0, 0.05) is 43.1 Å². The number of imidazole rings is 1. The number of nitrogens with one attached hydrogen (secondary N) is 5. The van der Waals surface area contributed by atoms with Crippen molar-refractivity contribution in [1.82, 2.24) is 40.8 Å². The smallest absolute Gasteiger partial charge is 0.373 e. The van der Waals surface area contributed by atoms with Gasteiger partial charge in [-0.2, -0.15) is 29.0 Å². The topological polar surface area (TPSA) is 197 Å². The van der Waals surface area contributed by atoms with Crippen molar-refractivity contribution in [3.8, 4) is 17.3 Å². The Balaban J connectivity index is 1.12. The Morgan fingerprint density at radius 2 is 1.77 bits per heavy atom. The Morgan fingerprint density at radius 1 is 1.08 bits per heavy atom. The molecule has 1 aromatic carbocycles. The van der Waals surface area contributed by atoms with E-state index in [0.717, 1.165) is 29.9 Å². The van der Waals surface area contributed by atoms with Crippen LogP contribution in [0.15, 0.2) is 30.6 Å². The predicted molar refractivity (Wildman–Crippen MR) is 162 cm³/mol. The number of carbonyl (C=O) groups is 4. The van der Waals surface area contributed by atoms with E-state index in [9.17, 15) is 32.3 Å². The molecule has 0 spiro atoms. The zero-order valence-corrected chi connectivity index (χ0v) is 26.1. The molecular weight excluding hydrogens is 661 g/mol. The van der Waals surface area contributed by atoms with Crippen LogP contribution in [0.5, 0.6) is 0 Å². The monoisotopic (exact) mass is 690 g/mol. The second kappa shape index (κ2) is 14.3. The van der Waals surface area contributed by atoms with Gasteiger partial charge in [-0.15, -0.1) is 0 Å². The molecule has 2 heterocycles. The van der Waals surface area contributed by atoms with Gasteiger partial charge in [-0.25, -0.2) is 9.78 Å². The van der Waals surface area contributed by atoms with E-state index in [4.69, 9.17) is 16.9 Å². The lowest BCUT2D eigenvalue weighted by molar-refractivity contribution is -0.141. The number of nitrogens with zero attached hydrogens (tertiary/aromatic N) is 5. The molecule has 2 saturated carbocycles. The number of hydrogen-bond acceptors (Lipinski definition) is 9. The van der Waals surface area contributed by atoms with E-state index < -0.39 is 30.2 Å². The van der Waals surface area contributed by atoms with E-state index in [0.29, 0.717) is 25.7 Å². The molecule has 2 aliphatic carbocycles. The number of halogens is 4. The minimum atomic E-state index is -4.81. The maximum Gasteiger partial charge on any atom is 0.435 e. The number of aromatic nitrogens is 4. The fourth-order valence-electron chi connectivity index (χ4n) is 5.68. The van der Waals surface area contributed by atoms with Crippen molar-refractivity contribution in [1.29, 1.82) is 5.26 Å². The summed E-state index contributed by atoms with van der Waals surface area (Å²) in [5.41, 5.74) is 1.38. The molecule has 3 aromatic rings. The van der Waals surface area contributed by atoms with Crippen molar-refractivity contribution < 1.29 is 37.2 Å². The minimum absolute atomic E-state index is 0.0207. The van der Waals surface area contributed by atoms with Crippen molar-refractivity contribution in [2.75, 3.05) is 5.32 Å². The van der Waals surface area contributed by atoms with E-state index in [1.807, 2.05) is 0 Å². The molecule has 48 heavy (non-hydrogen) atoms. The molecule has 0 unspecified atom stereocenters. The average molecular weight is 691 g/mol. The third-order valence-electron chi connectivity index (χ3n) is 8.06. The van der Waals surface area contributed by atoms with Gasteiger partial charge in [-0.3, -0.25) is 19.1 Å². The lowest BCUT2D eigenvalue weighted by atomic mass is 9.86. The summed E-state index contributed by atoms with van der Waals surface area (Å²) in [6.45, 7) is -0.0884. The minimum Gasteiger partial charge on any atom is -0.373 e. The van der Waals surface area contributed by atoms with Crippen LogP contribution in [0, 0.1) is 11.3 Å². The quantitative estimate of drug-likeness (QED) is 0.148. The number of benzene rings is 1. The van der Waals surface area contributed by atoms with E-state index in [2.05, 4.69) is 41.7 Å². The first-order chi connectivity index (χ1) is 22.9. The van der Waals surface area contributed by atoms with Gasteiger partial charge in [-0.05, 0) is 50.3 Å². The van der Waals surface area contributed by atoms with Crippen LogP contribution >= 0.6 is 11.6 Å². The molecule has 2 atom stereocenters. The van der Waals surface area contributed by atoms with Crippen molar-refractivity contribution in [3.63, 3.8) is 0 Å². The lowest BCUT2D eigenvalue weighted by Gasteiger charge is -2.36. The molecule has 2 fully saturated rings. The van der Waals surface area contributed by atoms with Crippen LogP contribution in [0.1, 0.15) is 58.8 Å². The van der Waals surface area contributed by atoms with E-state index in [1.54, 1.807) is 6.07 Å². The molecule has 19 heteroatoms. The summed E-state index contributed by atoms with van der Waals surface area (Å²) in [5.74, 6) is -1.40. The normalized spacial score (nSPS) is 20.2. The van der Waals surface area contributed by atoms with Crippen molar-refractivity contribution in [2.45, 2.75) is 69.0 Å². The maximum atomic E-state index is 13.6. The average Bonchev–Trinajstić information content (AvgIpc) is 3.73. The Labute approximate surface area is 276 Å². The van der Waals surface area contributed by atoms with Gasteiger partial charge < -0.3 is 30.7 Å². The molecule has 0 saturated heterocycles. The summed E-state index contributed by atoms with van der Waals surface area (Å²) in [5, 5.41) is 23.6. The van der Waals surface area contributed by atoms with Crippen LogP contribution in [0.2, 0.25) is 5.02 Å². The highest BCUT2D eigenvalue weighted by Gasteiger charge is 2.39. The van der Waals surface area contributed by atoms with Gasteiger partial charge in [-0.1, -0.05) is 11.6 Å². The van der Waals surface area contributed by atoms with Crippen molar-refractivity contribution in [3.05, 3.63) is 52.7 Å². The second-order valence-electron chi connectivity index (χ2n) is 11.4. The summed E-state index contributed by atoms with van der Waals surface area (Å²) < 4.78 is 42.9. The molecule has 254 valence electrons. The van der Waals surface area contributed by atoms with Crippen LogP contribution in [-0.4, -0.2) is 67.8 Å². The van der Waals surface area contributed by atoms with Gasteiger partial charge >= 0.3 is 18.7 Å². The summed E-state index contributed by atoms with van der Waals surface area (Å²) in [6, 6.07) is 5.24. The van der Waals surface area contributed by atoms with Crippen LogP contribution in [0.4, 0.5) is 23.7 Å². The van der Waals surface area contributed by atoms with Gasteiger partial charge in [0.25, 0.3) is 11.8 Å². The van der Waals surface area contributed by atoms with Crippen molar-refractivity contribution in [2.24, 2.45) is 7.05 Å². The molecule has 0 aliphatic heterocycles. The number of anilines is 1. The highest BCUT2D eigenvalue weighted by atomic mass is 35.5. The first kappa shape index (κ1) is 34.2. The summed E-state index contributed by atoms with van der Waals surface area (Å²) in [7, 11) is 1.36. The fraction of sp³-hybridized carbons (Fsp3) is 0.414. The Bertz CT molecular complexity index is 1750. The van der Waals surface area contributed by atoms with Gasteiger partial charge in [0.15, 0.2) is 11.5 Å². The zero-order chi connectivity index (χ0) is 34.6. The largest absolute Gasteiger partial charge is 0.435 e. The van der Waals surface area contributed by atoms with Gasteiger partial charge in [0.05, 0.1) is 34.1 Å². The molecular formula is C29H30ClF3N10O5. The van der Waals surface area contributed by atoms with Crippen molar-refractivity contribution >= 4 is 41.6 Å². The zero-order valence-electron chi connectivity index (χ0n) is 25.3. The number of rotatable bonds is 11. The third-order valence-corrected chi connectivity index (χ3v) is 8.37. The third kappa shape index (κ3) is 7.86. The molecule has 5 rings (SSSR count). The number of carbonyl (C=O) groups excluding carboxylic acids is 4. The fourth-order valence-corrected chi connectivity index (χ4v) is 5.95. The number of hydrogen-bond donors (Lipinski definition) is 5. The van der Waals surface area contributed by atoms with E-state index >= 15 is 0 Å². The number of alkyl halides is 3. The van der Waals surface area contributed by atoms with Crippen LogP contribution in [0.3, 0.4) is 0 Å². The number of amides is 4. The number of urea groups is 1. The highest BCUT2D eigenvalue weighted by molar-refractivity contribution is 6.34. The highest BCUT2D eigenvalue weighted by Crippen LogP contribution is 2.36. The summed E-state index contributed by atoms with van der Waals surface area (Å²) in [6.07, 6.45) is 0.509. The lowest BCUT2D eigenvalue weighted by Crippen LogP contribution is -2.56. The predicted octanol–water partition coefficient (Wildman–Crippen LogP) is 2.89. The Hall–Kier alpha value is -5.15. The molecule has 15 nitrogen and oxygen atoms in total. The molecule has 0 bridgehead atoms. The standard InChI is InChI=1S/C29H30ClF3N10O5/c1-42-23(21-13-43(7-6-34)40-24(21)29(31,32)33)12-35-25(42)27(46)36-16-4-5-20(22(30)11-16)26(45)37-18-9-19(10-18)39-28(47)38-15-2-3-17(8-15)41-48-14-44/h4-5,11-15,17-19,41H,2-3,7-10H2,1H3,(H,36,46)(H,37,45)(H2,38,39,47)/t15-,17+,18-,19+/m1/s1. The molecule has 0 radical (unpaired) electrons. The van der Waals surface area contributed by atoms with Crippen LogP contribution < -0.4 is 26.7 Å². The van der Waals surface area contributed by atoms with Gasteiger partial charge in [0.1, 0.15) is 6.54 Å². The summed E-state index contributed by atoms with van der Waals surface area (Å²) >= 11 is 6.35. The maximum absolute atomic E-state index is 13.6. The van der Waals surface area contributed by atoms with Crippen LogP contribution in [0.25, 0.3) is 11.3 Å². The molecule has 2 aromatic heterocycles. The molecule has 2 aliphatic rings. The summed E-state index contributed by atoms with van der Waals surface area (Å²) in [4.78, 5) is 57.1.